The van der Waals surface area contributed by atoms with Crippen LogP contribution in [0, 0.1) is 5.92 Å². The molecule has 0 aliphatic heterocycles. The van der Waals surface area contributed by atoms with Crippen molar-refractivity contribution in [2.45, 2.75) is 13.8 Å². The fraction of sp³-hybridized carbons (Fsp3) is 0.429. The topological polar surface area (TPSA) is 63.6 Å². The van der Waals surface area contributed by atoms with Crippen molar-refractivity contribution < 1.29 is 4.79 Å². The van der Waals surface area contributed by atoms with E-state index in [1.807, 2.05) is 43.1 Å². The second-order valence-electron chi connectivity index (χ2n) is 4.77. The lowest BCUT2D eigenvalue weighted by atomic mass is 10.1. The van der Waals surface area contributed by atoms with Crippen LogP contribution in [0.4, 0.5) is 0 Å². The highest BCUT2D eigenvalue weighted by atomic mass is 16.2. The zero-order chi connectivity index (χ0) is 13.8. The standard InChI is InChI=1S/C14H20N4O/c1-3-17(10-11(2)8-15)14(19)12-9-16-18-7-5-4-6-13(12)18/h4-7,9,11H,3,8,10,15H2,1-2H3. The Morgan fingerprint density at radius 2 is 2.32 bits per heavy atom. The molecule has 1 amide bonds. The van der Waals surface area contributed by atoms with Gasteiger partial charge >= 0.3 is 0 Å². The van der Waals surface area contributed by atoms with Gasteiger partial charge in [0.1, 0.15) is 0 Å². The zero-order valence-electron chi connectivity index (χ0n) is 11.4. The van der Waals surface area contributed by atoms with E-state index in [4.69, 9.17) is 5.73 Å². The minimum absolute atomic E-state index is 0.0176. The minimum Gasteiger partial charge on any atom is -0.338 e. The summed E-state index contributed by atoms with van der Waals surface area (Å²) in [7, 11) is 0. The van der Waals surface area contributed by atoms with Crippen molar-refractivity contribution in [3.05, 3.63) is 36.2 Å². The molecule has 1 atom stereocenters. The lowest BCUT2D eigenvalue weighted by Gasteiger charge is -2.23. The molecule has 5 heteroatoms. The van der Waals surface area contributed by atoms with Gasteiger partial charge in [0.25, 0.3) is 5.91 Å². The van der Waals surface area contributed by atoms with Gasteiger partial charge in [-0.05, 0) is 31.5 Å². The van der Waals surface area contributed by atoms with Crippen molar-refractivity contribution in [3.8, 4) is 0 Å². The van der Waals surface area contributed by atoms with Crippen molar-refractivity contribution >= 4 is 11.4 Å². The molecule has 0 radical (unpaired) electrons. The zero-order valence-corrected chi connectivity index (χ0v) is 11.4. The summed E-state index contributed by atoms with van der Waals surface area (Å²) in [5.41, 5.74) is 7.11. The highest BCUT2D eigenvalue weighted by Gasteiger charge is 2.19. The summed E-state index contributed by atoms with van der Waals surface area (Å²) in [6.45, 7) is 5.96. The van der Waals surface area contributed by atoms with Gasteiger partial charge in [-0.1, -0.05) is 13.0 Å². The van der Waals surface area contributed by atoms with E-state index < -0.39 is 0 Å². The summed E-state index contributed by atoms with van der Waals surface area (Å²) < 4.78 is 1.72. The molecule has 2 aromatic rings. The van der Waals surface area contributed by atoms with E-state index in [2.05, 4.69) is 5.10 Å². The first-order valence-corrected chi connectivity index (χ1v) is 6.59. The van der Waals surface area contributed by atoms with Gasteiger partial charge in [-0.2, -0.15) is 5.10 Å². The van der Waals surface area contributed by atoms with Crippen molar-refractivity contribution in [1.29, 1.82) is 0 Å². The van der Waals surface area contributed by atoms with E-state index in [-0.39, 0.29) is 5.91 Å². The number of hydrogen-bond donors (Lipinski definition) is 1. The number of fused-ring (bicyclic) bond motifs is 1. The van der Waals surface area contributed by atoms with E-state index in [9.17, 15) is 4.79 Å². The van der Waals surface area contributed by atoms with Gasteiger partial charge in [0.15, 0.2) is 0 Å². The highest BCUT2D eigenvalue weighted by molar-refractivity contribution is 6.00. The van der Waals surface area contributed by atoms with Crippen LogP contribution >= 0.6 is 0 Å². The monoisotopic (exact) mass is 260 g/mol. The van der Waals surface area contributed by atoms with Crippen LogP contribution in [0.2, 0.25) is 0 Å². The van der Waals surface area contributed by atoms with Crippen LogP contribution in [-0.4, -0.2) is 40.1 Å². The van der Waals surface area contributed by atoms with Gasteiger partial charge in [0.05, 0.1) is 17.3 Å². The first-order valence-electron chi connectivity index (χ1n) is 6.59. The summed E-state index contributed by atoms with van der Waals surface area (Å²) in [6, 6.07) is 5.70. The molecule has 102 valence electrons. The molecule has 0 spiro atoms. The fourth-order valence-electron chi connectivity index (χ4n) is 2.08. The Labute approximate surface area is 113 Å². The number of pyridine rings is 1. The van der Waals surface area contributed by atoms with Crippen molar-refractivity contribution in [1.82, 2.24) is 14.5 Å². The molecule has 0 aliphatic carbocycles. The summed E-state index contributed by atoms with van der Waals surface area (Å²) >= 11 is 0. The van der Waals surface area contributed by atoms with Crippen molar-refractivity contribution in [2.24, 2.45) is 11.7 Å². The second-order valence-corrected chi connectivity index (χ2v) is 4.77. The fourth-order valence-corrected chi connectivity index (χ4v) is 2.08. The number of hydrogen-bond acceptors (Lipinski definition) is 3. The lowest BCUT2D eigenvalue weighted by molar-refractivity contribution is 0.0745. The van der Waals surface area contributed by atoms with Gasteiger partial charge in [-0.25, -0.2) is 4.52 Å². The minimum atomic E-state index is 0.0176. The van der Waals surface area contributed by atoms with Crippen LogP contribution < -0.4 is 5.73 Å². The predicted molar refractivity (Wildman–Crippen MR) is 75.0 cm³/mol. The normalized spacial score (nSPS) is 12.6. The maximum absolute atomic E-state index is 12.5. The molecule has 2 heterocycles. The van der Waals surface area contributed by atoms with Gasteiger partial charge in [-0.3, -0.25) is 4.79 Å². The largest absolute Gasteiger partial charge is 0.338 e. The maximum atomic E-state index is 12.5. The SMILES string of the molecule is CCN(CC(C)CN)C(=O)c1cnn2ccccc12. The average Bonchev–Trinajstić information content (AvgIpc) is 2.87. The summed E-state index contributed by atoms with van der Waals surface area (Å²) in [4.78, 5) is 14.4. The van der Waals surface area contributed by atoms with Gasteiger partial charge in [-0.15, -0.1) is 0 Å². The molecule has 2 aromatic heterocycles. The number of nitrogens with zero attached hydrogens (tertiary/aromatic N) is 3. The molecule has 2 N–H and O–H groups in total. The Hall–Kier alpha value is -1.88. The molecule has 19 heavy (non-hydrogen) atoms. The van der Waals surface area contributed by atoms with Crippen LogP contribution in [-0.2, 0) is 0 Å². The molecule has 0 saturated heterocycles. The van der Waals surface area contributed by atoms with Gasteiger partial charge in [0, 0.05) is 19.3 Å². The third kappa shape index (κ3) is 2.76. The van der Waals surface area contributed by atoms with Crippen LogP contribution in [0.15, 0.2) is 30.6 Å². The van der Waals surface area contributed by atoms with Crippen LogP contribution in [0.3, 0.4) is 0 Å². The van der Waals surface area contributed by atoms with E-state index in [1.54, 1.807) is 10.7 Å². The first-order chi connectivity index (χ1) is 9.17. The molecule has 2 rings (SSSR count). The molecule has 0 fully saturated rings. The Balaban J connectivity index is 2.26. The predicted octanol–water partition coefficient (Wildman–Crippen LogP) is 1.39. The highest BCUT2D eigenvalue weighted by Crippen LogP contribution is 2.13. The second kappa shape index (κ2) is 5.84. The summed E-state index contributed by atoms with van der Waals surface area (Å²) in [5.74, 6) is 0.315. The van der Waals surface area contributed by atoms with Crippen LogP contribution in [0.25, 0.3) is 5.52 Å². The summed E-state index contributed by atoms with van der Waals surface area (Å²) in [6.07, 6.45) is 3.47. The number of amides is 1. The third-order valence-electron chi connectivity index (χ3n) is 3.26. The molecule has 0 bridgehead atoms. The Morgan fingerprint density at radius 3 is 3.00 bits per heavy atom. The molecule has 5 nitrogen and oxygen atoms in total. The smallest absolute Gasteiger partial charge is 0.257 e. The average molecular weight is 260 g/mol. The van der Waals surface area contributed by atoms with Gasteiger partial charge < -0.3 is 10.6 Å². The van der Waals surface area contributed by atoms with Crippen LogP contribution in [0.1, 0.15) is 24.2 Å². The van der Waals surface area contributed by atoms with E-state index >= 15 is 0 Å². The lowest BCUT2D eigenvalue weighted by Crippen LogP contribution is -2.36. The number of carbonyl (C=O) groups excluding carboxylic acids is 1. The van der Waals surface area contributed by atoms with Crippen molar-refractivity contribution in [2.75, 3.05) is 19.6 Å². The van der Waals surface area contributed by atoms with Crippen molar-refractivity contribution in [3.63, 3.8) is 0 Å². The molecule has 0 aromatic carbocycles. The van der Waals surface area contributed by atoms with Gasteiger partial charge in [0.2, 0.25) is 0 Å². The molecule has 0 aliphatic rings. The molecular weight excluding hydrogens is 240 g/mol. The first kappa shape index (κ1) is 13.5. The van der Waals surface area contributed by atoms with E-state index in [1.165, 1.54) is 0 Å². The Morgan fingerprint density at radius 1 is 1.53 bits per heavy atom. The third-order valence-corrected chi connectivity index (χ3v) is 3.26. The Bertz CT molecular complexity index is 563. The Kier molecular flexibility index (Phi) is 4.16. The molecule has 1 unspecified atom stereocenters. The maximum Gasteiger partial charge on any atom is 0.257 e. The summed E-state index contributed by atoms with van der Waals surface area (Å²) in [5, 5.41) is 4.20. The quantitative estimate of drug-likeness (QED) is 0.883. The number of carbonyl (C=O) groups is 1. The number of nitrogens with two attached hydrogens (primary N) is 1. The number of aromatic nitrogens is 2. The van der Waals surface area contributed by atoms with E-state index in [0.29, 0.717) is 31.1 Å². The van der Waals surface area contributed by atoms with Crippen LogP contribution in [0.5, 0.6) is 0 Å². The van der Waals surface area contributed by atoms with E-state index in [0.717, 1.165) is 5.52 Å². The number of rotatable bonds is 5. The molecule has 0 saturated carbocycles. The molecular formula is C14H20N4O.